The van der Waals surface area contributed by atoms with Crippen LogP contribution in [-0.4, -0.2) is 29.4 Å². The SMILES string of the molecule is Cc1ccc(CSCC(=O)NCCC(O)C(C)C)cc1. The van der Waals surface area contributed by atoms with Crippen LogP contribution >= 0.6 is 11.8 Å². The van der Waals surface area contributed by atoms with Crippen molar-refractivity contribution in [3.05, 3.63) is 35.4 Å². The number of carbonyl (C=O) groups excluding carboxylic acids is 1. The van der Waals surface area contributed by atoms with E-state index in [4.69, 9.17) is 0 Å². The first-order chi connectivity index (χ1) is 9.49. The molecule has 0 aromatic heterocycles. The molecule has 1 aromatic carbocycles. The molecule has 0 spiro atoms. The van der Waals surface area contributed by atoms with E-state index in [1.807, 2.05) is 13.8 Å². The molecule has 0 fully saturated rings. The topological polar surface area (TPSA) is 49.3 Å². The number of nitrogens with one attached hydrogen (secondary N) is 1. The number of rotatable bonds is 8. The molecular weight excluding hydrogens is 270 g/mol. The molecule has 1 atom stereocenters. The van der Waals surface area contributed by atoms with Crippen LogP contribution in [0.2, 0.25) is 0 Å². The zero-order chi connectivity index (χ0) is 15.0. The smallest absolute Gasteiger partial charge is 0.230 e. The summed E-state index contributed by atoms with van der Waals surface area (Å²) in [5.41, 5.74) is 2.49. The number of aliphatic hydroxyl groups excluding tert-OH is 1. The zero-order valence-electron chi connectivity index (χ0n) is 12.6. The number of hydrogen-bond acceptors (Lipinski definition) is 3. The summed E-state index contributed by atoms with van der Waals surface area (Å²) in [5, 5.41) is 12.5. The Morgan fingerprint density at radius 3 is 2.55 bits per heavy atom. The number of thioether (sulfide) groups is 1. The van der Waals surface area contributed by atoms with E-state index in [1.165, 1.54) is 11.1 Å². The van der Waals surface area contributed by atoms with E-state index in [-0.39, 0.29) is 17.9 Å². The van der Waals surface area contributed by atoms with Crippen LogP contribution in [0.5, 0.6) is 0 Å². The summed E-state index contributed by atoms with van der Waals surface area (Å²) in [4.78, 5) is 11.6. The minimum absolute atomic E-state index is 0.0399. The Morgan fingerprint density at radius 2 is 1.95 bits per heavy atom. The maximum absolute atomic E-state index is 11.6. The van der Waals surface area contributed by atoms with Gasteiger partial charge in [0.1, 0.15) is 0 Å². The van der Waals surface area contributed by atoms with Crippen LogP contribution < -0.4 is 5.32 Å². The Hall–Kier alpha value is -1.00. The highest BCUT2D eigenvalue weighted by molar-refractivity contribution is 7.99. The molecule has 1 aromatic rings. The van der Waals surface area contributed by atoms with Crippen molar-refractivity contribution >= 4 is 17.7 Å². The second-order valence-electron chi connectivity index (χ2n) is 5.43. The van der Waals surface area contributed by atoms with Gasteiger partial charge in [0.15, 0.2) is 0 Å². The summed E-state index contributed by atoms with van der Waals surface area (Å²) in [5.74, 6) is 1.59. The quantitative estimate of drug-likeness (QED) is 0.775. The van der Waals surface area contributed by atoms with Crippen LogP contribution in [0.1, 0.15) is 31.4 Å². The number of aliphatic hydroxyl groups is 1. The van der Waals surface area contributed by atoms with Crippen molar-refractivity contribution in [1.29, 1.82) is 0 Å². The van der Waals surface area contributed by atoms with E-state index in [2.05, 4.69) is 36.5 Å². The fourth-order valence-electron chi connectivity index (χ4n) is 1.69. The highest BCUT2D eigenvalue weighted by atomic mass is 32.2. The zero-order valence-corrected chi connectivity index (χ0v) is 13.4. The number of aryl methyl sites for hydroxylation is 1. The Labute approximate surface area is 126 Å². The molecule has 0 aliphatic heterocycles. The third-order valence-corrected chi connectivity index (χ3v) is 4.16. The molecule has 0 radical (unpaired) electrons. The molecule has 0 heterocycles. The molecule has 1 amide bonds. The molecular formula is C16H25NO2S. The summed E-state index contributed by atoms with van der Waals surface area (Å²) in [6.07, 6.45) is 0.280. The molecule has 0 bridgehead atoms. The number of hydrogen-bond donors (Lipinski definition) is 2. The first-order valence-corrected chi connectivity index (χ1v) is 8.22. The molecule has 0 aliphatic carbocycles. The second kappa shape index (κ2) is 9.03. The summed E-state index contributed by atoms with van der Waals surface area (Å²) < 4.78 is 0. The number of benzene rings is 1. The molecule has 20 heavy (non-hydrogen) atoms. The van der Waals surface area contributed by atoms with E-state index in [0.717, 1.165) is 5.75 Å². The summed E-state index contributed by atoms with van der Waals surface area (Å²) in [6, 6.07) is 8.37. The number of amides is 1. The van der Waals surface area contributed by atoms with Crippen LogP contribution in [0.3, 0.4) is 0 Å². The minimum atomic E-state index is -0.337. The lowest BCUT2D eigenvalue weighted by atomic mass is 10.0. The van der Waals surface area contributed by atoms with Gasteiger partial charge in [-0.3, -0.25) is 4.79 Å². The van der Waals surface area contributed by atoms with E-state index in [0.29, 0.717) is 18.7 Å². The third kappa shape index (κ3) is 6.96. The van der Waals surface area contributed by atoms with Crippen LogP contribution in [0.4, 0.5) is 0 Å². The highest BCUT2D eigenvalue weighted by Gasteiger charge is 2.09. The first kappa shape index (κ1) is 17.1. The predicted octanol–water partition coefficient (Wildman–Crippen LogP) is 2.75. The fourth-order valence-corrected chi connectivity index (χ4v) is 2.51. The van der Waals surface area contributed by atoms with Gasteiger partial charge in [0.2, 0.25) is 5.91 Å². The lowest BCUT2D eigenvalue weighted by Crippen LogP contribution is -2.29. The number of carbonyl (C=O) groups is 1. The van der Waals surface area contributed by atoms with E-state index >= 15 is 0 Å². The standard InChI is InChI=1S/C16H25NO2S/c1-12(2)15(18)8-9-17-16(19)11-20-10-14-6-4-13(3)5-7-14/h4-7,12,15,18H,8-11H2,1-3H3,(H,17,19). The van der Waals surface area contributed by atoms with Crippen molar-refractivity contribution in [3.8, 4) is 0 Å². The van der Waals surface area contributed by atoms with Crippen molar-refractivity contribution in [2.24, 2.45) is 5.92 Å². The fraction of sp³-hybridized carbons (Fsp3) is 0.562. The molecule has 0 saturated carbocycles. The Balaban J connectivity index is 2.12. The van der Waals surface area contributed by atoms with Crippen LogP contribution in [0, 0.1) is 12.8 Å². The molecule has 4 heteroatoms. The molecule has 0 aliphatic rings. The lowest BCUT2D eigenvalue weighted by Gasteiger charge is -2.14. The second-order valence-corrected chi connectivity index (χ2v) is 6.41. The van der Waals surface area contributed by atoms with Crippen molar-refractivity contribution in [3.63, 3.8) is 0 Å². The monoisotopic (exact) mass is 295 g/mol. The largest absolute Gasteiger partial charge is 0.393 e. The predicted molar refractivity (Wildman–Crippen MR) is 85.8 cm³/mol. The van der Waals surface area contributed by atoms with Crippen molar-refractivity contribution in [2.75, 3.05) is 12.3 Å². The van der Waals surface area contributed by atoms with E-state index in [1.54, 1.807) is 11.8 Å². The van der Waals surface area contributed by atoms with Crippen LogP contribution in [0.15, 0.2) is 24.3 Å². The molecule has 2 N–H and O–H groups in total. The minimum Gasteiger partial charge on any atom is -0.393 e. The van der Waals surface area contributed by atoms with Crippen molar-refractivity contribution < 1.29 is 9.90 Å². The molecule has 3 nitrogen and oxygen atoms in total. The van der Waals surface area contributed by atoms with Gasteiger partial charge in [-0.1, -0.05) is 43.7 Å². The molecule has 112 valence electrons. The highest BCUT2D eigenvalue weighted by Crippen LogP contribution is 2.12. The third-order valence-electron chi connectivity index (χ3n) is 3.15. The van der Waals surface area contributed by atoms with E-state index < -0.39 is 0 Å². The molecule has 0 saturated heterocycles. The Morgan fingerprint density at radius 1 is 1.30 bits per heavy atom. The van der Waals surface area contributed by atoms with Crippen molar-refractivity contribution in [2.45, 2.75) is 39.0 Å². The molecule has 1 unspecified atom stereocenters. The average Bonchev–Trinajstić information content (AvgIpc) is 2.40. The van der Waals surface area contributed by atoms with Crippen LogP contribution in [-0.2, 0) is 10.5 Å². The summed E-state index contributed by atoms with van der Waals surface area (Å²) >= 11 is 1.61. The van der Waals surface area contributed by atoms with Gasteiger partial charge in [0.25, 0.3) is 0 Å². The summed E-state index contributed by atoms with van der Waals surface area (Å²) in [7, 11) is 0. The first-order valence-electron chi connectivity index (χ1n) is 7.07. The average molecular weight is 295 g/mol. The van der Waals surface area contributed by atoms with Gasteiger partial charge in [-0.25, -0.2) is 0 Å². The van der Waals surface area contributed by atoms with Gasteiger partial charge in [0.05, 0.1) is 11.9 Å². The van der Waals surface area contributed by atoms with Gasteiger partial charge in [-0.05, 0) is 24.8 Å². The van der Waals surface area contributed by atoms with E-state index in [9.17, 15) is 9.90 Å². The van der Waals surface area contributed by atoms with Gasteiger partial charge in [0, 0.05) is 12.3 Å². The maximum atomic E-state index is 11.6. The maximum Gasteiger partial charge on any atom is 0.230 e. The van der Waals surface area contributed by atoms with Gasteiger partial charge in [-0.2, -0.15) is 0 Å². The molecule has 1 rings (SSSR count). The van der Waals surface area contributed by atoms with Crippen molar-refractivity contribution in [1.82, 2.24) is 5.32 Å². The Bertz CT molecular complexity index is 403. The van der Waals surface area contributed by atoms with Gasteiger partial charge in [-0.15, -0.1) is 11.8 Å². The summed E-state index contributed by atoms with van der Waals surface area (Å²) in [6.45, 7) is 6.56. The van der Waals surface area contributed by atoms with Gasteiger partial charge < -0.3 is 10.4 Å². The lowest BCUT2D eigenvalue weighted by molar-refractivity contribution is -0.118. The Kier molecular flexibility index (Phi) is 7.70. The van der Waals surface area contributed by atoms with Gasteiger partial charge >= 0.3 is 0 Å². The normalized spacial score (nSPS) is 12.4. The van der Waals surface area contributed by atoms with Crippen LogP contribution in [0.25, 0.3) is 0 Å².